The lowest BCUT2D eigenvalue weighted by atomic mass is 10.0. The molecule has 1 aromatic heterocycles. The van der Waals surface area contributed by atoms with E-state index in [0.717, 1.165) is 22.9 Å². The summed E-state index contributed by atoms with van der Waals surface area (Å²) >= 11 is 0. The van der Waals surface area contributed by atoms with Gasteiger partial charge in [0, 0.05) is 18.1 Å². The fourth-order valence-corrected chi connectivity index (χ4v) is 2.42. The first-order valence-corrected chi connectivity index (χ1v) is 7.25. The topological polar surface area (TPSA) is 51.2 Å². The van der Waals surface area contributed by atoms with E-state index in [1.165, 1.54) is 7.11 Å². The average molecular weight is 286 g/mol. The SMILES string of the molecule is COC(=O)C(CC(C)C)NCc1cccc2cccnc12. The highest BCUT2D eigenvalue weighted by molar-refractivity contribution is 5.81. The van der Waals surface area contributed by atoms with Gasteiger partial charge in [0.15, 0.2) is 0 Å². The predicted molar refractivity (Wildman–Crippen MR) is 83.8 cm³/mol. The molecule has 112 valence electrons. The highest BCUT2D eigenvalue weighted by Crippen LogP contribution is 2.16. The summed E-state index contributed by atoms with van der Waals surface area (Å²) in [6, 6.07) is 9.77. The van der Waals surface area contributed by atoms with Gasteiger partial charge in [-0.1, -0.05) is 38.1 Å². The minimum atomic E-state index is -0.283. The Kier molecular flexibility index (Phi) is 5.28. The molecule has 0 radical (unpaired) electrons. The van der Waals surface area contributed by atoms with Crippen LogP contribution >= 0.6 is 0 Å². The van der Waals surface area contributed by atoms with E-state index in [0.29, 0.717) is 12.5 Å². The number of carbonyl (C=O) groups is 1. The molecule has 1 atom stereocenters. The van der Waals surface area contributed by atoms with E-state index in [2.05, 4.69) is 24.1 Å². The third-order valence-corrected chi connectivity index (χ3v) is 3.45. The van der Waals surface area contributed by atoms with Gasteiger partial charge in [-0.05, 0) is 24.0 Å². The molecule has 0 saturated carbocycles. The van der Waals surface area contributed by atoms with Gasteiger partial charge in [-0.2, -0.15) is 0 Å². The van der Waals surface area contributed by atoms with Crippen LogP contribution in [0.4, 0.5) is 0 Å². The second-order valence-corrected chi connectivity index (χ2v) is 5.58. The Balaban J connectivity index is 2.13. The lowest BCUT2D eigenvalue weighted by molar-refractivity contribution is -0.143. The number of ether oxygens (including phenoxy) is 1. The molecule has 0 aliphatic rings. The van der Waals surface area contributed by atoms with Crippen molar-refractivity contribution in [1.29, 1.82) is 0 Å². The van der Waals surface area contributed by atoms with Crippen LogP contribution in [0.15, 0.2) is 36.5 Å². The molecule has 4 heteroatoms. The minimum Gasteiger partial charge on any atom is -0.468 e. The van der Waals surface area contributed by atoms with Crippen molar-refractivity contribution in [1.82, 2.24) is 10.3 Å². The molecule has 0 aliphatic carbocycles. The van der Waals surface area contributed by atoms with E-state index in [9.17, 15) is 4.79 Å². The van der Waals surface area contributed by atoms with E-state index in [-0.39, 0.29) is 12.0 Å². The quantitative estimate of drug-likeness (QED) is 0.830. The lowest BCUT2D eigenvalue weighted by Gasteiger charge is -2.18. The molecule has 4 nitrogen and oxygen atoms in total. The number of fused-ring (bicyclic) bond motifs is 1. The van der Waals surface area contributed by atoms with Crippen molar-refractivity contribution in [3.05, 3.63) is 42.1 Å². The molecular weight excluding hydrogens is 264 g/mol. The fourth-order valence-electron chi connectivity index (χ4n) is 2.42. The van der Waals surface area contributed by atoms with Crippen molar-refractivity contribution in [3.8, 4) is 0 Å². The summed E-state index contributed by atoms with van der Waals surface area (Å²) in [5, 5.41) is 4.40. The summed E-state index contributed by atoms with van der Waals surface area (Å²) in [4.78, 5) is 16.3. The lowest BCUT2D eigenvalue weighted by Crippen LogP contribution is -2.38. The summed E-state index contributed by atoms with van der Waals surface area (Å²) < 4.78 is 4.87. The Morgan fingerprint density at radius 3 is 2.76 bits per heavy atom. The number of hydrogen-bond acceptors (Lipinski definition) is 4. The van der Waals surface area contributed by atoms with Gasteiger partial charge in [0.05, 0.1) is 12.6 Å². The zero-order valence-corrected chi connectivity index (χ0v) is 12.8. The van der Waals surface area contributed by atoms with Crippen LogP contribution in [0.1, 0.15) is 25.8 Å². The Bertz CT molecular complexity index is 605. The van der Waals surface area contributed by atoms with Crippen molar-refractivity contribution in [3.63, 3.8) is 0 Å². The van der Waals surface area contributed by atoms with Gasteiger partial charge < -0.3 is 10.1 Å². The van der Waals surface area contributed by atoms with Gasteiger partial charge in [-0.3, -0.25) is 9.78 Å². The highest BCUT2D eigenvalue weighted by Gasteiger charge is 2.20. The Hall–Kier alpha value is -1.94. The Morgan fingerprint density at radius 1 is 1.29 bits per heavy atom. The van der Waals surface area contributed by atoms with Gasteiger partial charge in [-0.25, -0.2) is 0 Å². The third-order valence-electron chi connectivity index (χ3n) is 3.45. The molecule has 0 bridgehead atoms. The summed E-state index contributed by atoms with van der Waals surface area (Å²) in [5.41, 5.74) is 2.06. The second-order valence-electron chi connectivity index (χ2n) is 5.58. The molecule has 21 heavy (non-hydrogen) atoms. The first-order chi connectivity index (χ1) is 10.1. The number of methoxy groups -OCH3 is 1. The summed E-state index contributed by atoms with van der Waals surface area (Å²) in [6.45, 7) is 4.79. The normalized spacial score (nSPS) is 12.6. The van der Waals surface area contributed by atoms with Crippen LogP contribution in [-0.4, -0.2) is 24.1 Å². The minimum absolute atomic E-state index is 0.211. The summed E-state index contributed by atoms with van der Waals surface area (Å²) in [5.74, 6) is 0.212. The number of benzene rings is 1. The van der Waals surface area contributed by atoms with Crippen molar-refractivity contribution in [2.75, 3.05) is 7.11 Å². The third kappa shape index (κ3) is 4.02. The van der Waals surface area contributed by atoms with Gasteiger partial charge in [0.25, 0.3) is 0 Å². The van der Waals surface area contributed by atoms with Gasteiger partial charge >= 0.3 is 5.97 Å². The maximum Gasteiger partial charge on any atom is 0.322 e. The average Bonchev–Trinajstić information content (AvgIpc) is 2.50. The van der Waals surface area contributed by atoms with E-state index in [1.54, 1.807) is 6.20 Å². The molecule has 1 N–H and O–H groups in total. The first-order valence-electron chi connectivity index (χ1n) is 7.25. The molecule has 1 unspecified atom stereocenters. The van der Waals surface area contributed by atoms with Crippen LogP contribution in [0.5, 0.6) is 0 Å². The summed E-state index contributed by atoms with van der Waals surface area (Å²) in [7, 11) is 1.43. The van der Waals surface area contributed by atoms with Crippen LogP contribution in [0.25, 0.3) is 10.9 Å². The van der Waals surface area contributed by atoms with Crippen molar-refractivity contribution in [2.45, 2.75) is 32.9 Å². The molecule has 0 saturated heterocycles. The molecule has 0 spiro atoms. The van der Waals surface area contributed by atoms with Crippen LogP contribution < -0.4 is 5.32 Å². The van der Waals surface area contributed by atoms with Crippen LogP contribution in [0.2, 0.25) is 0 Å². The molecule has 0 aliphatic heterocycles. The zero-order chi connectivity index (χ0) is 15.2. The first kappa shape index (κ1) is 15.4. The van der Waals surface area contributed by atoms with Crippen LogP contribution in [0, 0.1) is 5.92 Å². The number of aromatic nitrogens is 1. The number of nitrogens with zero attached hydrogens (tertiary/aromatic N) is 1. The van der Waals surface area contributed by atoms with Crippen molar-refractivity contribution in [2.24, 2.45) is 5.92 Å². The number of rotatable bonds is 6. The number of nitrogens with one attached hydrogen (secondary N) is 1. The molecule has 2 rings (SSSR count). The molecule has 1 aromatic carbocycles. The van der Waals surface area contributed by atoms with Crippen LogP contribution in [0.3, 0.4) is 0 Å². The van der Waals surface area contributed by atoms with E-state index < -0.39 is 0 Å². The molecule has 0 fully saturated rings. The van der Waals surface area contributed by atoms with E-state index in [4.69, 9.17) is 4.74 Å². The fraction of sp³-hybridized carbons (Fsp3) is 0.412. The number of hydrogen-bond donors (Lipinski definition) is 1. The maximum atomic E-state index is 11.8. The van der Waals surface area contributed by atoms with Gasteiger partial charge in [0.2, 0.25) is 0 Å². The molecular formula is C17H22N2O2. The van der Waals surface area contributed by atoms with Crippen molar-refractivity contribution < 1.29 is 9.53 Å². The van der Waals surface area contributed by atoms with Crippen LogP contribution in [-0.2, 0) is 16.1 Å². The van der Waals surface area contributed by atoms with Gasteiger partial charge in [-0.15, -0.1) is 0 Å². The maximum absolute atomic E-state index is 11.8. The molecule has 1 heterocycles. The zero-order valence-electron chi connectivity index (χ0n) is 12.8. The predicted octanol–water partition coefficient (Wildman–Crippen LogP) is 2.91. The van der Waals surface area contributed by atoms with E-state index >= 15 is 0 Å². The molecule has 0 amide bonds. The highest BCUT2D eigenvalue weighted by atomic mass is 16.5. The standard InChI is InChI=1S/C17H22N2O2/c1-12(2)10-15(17(20)21-3)19-11-14-7-4-6-13-8-5-9-18-16(13)14/h4-9,12,15,19H,10-11H2,1-3H3. The Morgan fingerprint density at radius 2 is 2.05 bits per heavy atom. The molecule has 2 aromatic rings. The van der Waals surface area contributed by atoms with Crippen molar-refractivity contribution >= 4 is 16.9 Å². The number of para-hydroxylation sites is 1. The second kappa shape index (κ2) is 7.18. The smallest absolute Gasteiger partial charge is 0.322 e. The largest absolute Gasteiger partial charge is 0.468 e. The number of esters is 1. The summed E-state index contributed by atoms with van der Waals surface area (Å²) in [6.07, 6.45) is 2.54. The monoisotopic (exact) mass is 286 g/mol. The number of carbonyl (C=O) groups excluding carboxylic acids is 1. The number of pyridine rings is 1. The van der Waals surface area contributed by atoms with Gasteiger partial charge in [0.1, 0.15) is 6.04 Å². The van der Waals surface area contributed by atoms with E-state index in [1.807, 2.05) is 30.3 Å². The Labute approximate surface area is 125 Å².